The van der Waals surface area contributed by atoms with Crippen LogP contribution >= 0.6 is 0 Å². The lowest BCUT2D eigenvalue weighted by molar-refractivity contribution is 0.0780. The molecule has 58 heavy (non-hydrogen) atoms. The fourth-order valence-corrected chi connectivity index (χ4v) is 8.69. The minimum atomic E-state index is -0.351. The standard InChI is InChI=1S/C42H50N14O2/c1-26-20-35(49-42(45-26)55-18-6-5-7-19-55)48-36-21-34(37(51-50-36)40(57)43-3)47-32-14-11-13-30-31-22-44-56(38(31)27(2)52(4)39(30)32)29-24-53(25-29)23-28-12-10-15-33(46-28)41(58)54-16-8-9-17-54/h10-15,20-22,27,29H,5-9,16-19,23-25H2,1-4H3,(H,43,57)(H2,45,47,48,49,50). The van der Waals surface area contributed by atoms with E-state index in [1.807, 2.05) is 54.4 Å². The predicted octanol–water partition coefficient (Wildman–Crippen LogP) is 5.47. The van der Waals surface area contributed by atoms with Crippen LogP contribution in [0.15, 0.2) is 54.7 Å². The summed E-state index contributed by atoms with van der Waals surface area (Å²) >= 11 is 0. The highest BCUT2D eigenvalue weighted by Gasteiger charge is 2.37. The number of pyridine rings is 1. The van der Waals surface area contributed by atoms with E-state index in [9.17, 15) is 9.59 Å². The first-order valence-electron chi connectivity index (χ1n) is 20.4. The summed E-state index contributed by atoms with van der Waals surface area (Å²) in [5.74, 6) is 1.44. The van der Waals surface area contributed by atoms with Gasteiger partial charge in [-0.05, 0) is 64.2 Å². The number of likely N-dealkylation sites (tertiary alicyclic amines) is 2. The number of rotatable bonds is 10. The van der Waals surface area contributed by atoms with E-state index in [4.69, 9.17) is 20.1 Å². The maximum atomic E-state index is 13.1. The minimum Gasteiger partial charge on any atom is -0.364 e. The first-order chi connectivity index (χ1) is 28.2. The summed E-state index contributed by atoms with van der Waals surface area (Å²) in [6, 6.07) is 15.8. The molecule has 0 radical (unpaired) electrons. The quantitative estimate of drug-likeness (QED) is 0.163. The molecule has 0 spiro atoms. The number of para-hydroxylation sites is 1. The Hall–Kier alpha value is -6.16. The molecule has 300 valence electrons. The van der Waals surface area contributed by atoms with Crippen LogP contribution in [-0.4, -0.2) is 110 Å². The summed E-state index contributed by atoms with van der Waals surface area (Å²) in [4.78, 5) is 49.1. The monoisotopic (exact) mass is 782 g/mol. The number of hydrogen-bond donors (Lipinski definition) is 3. The first-order valence-corrected chi connectivity index (χ1v) is 20.4. The summed E-state index contributed by atoms with van der Waals surface area (Å²) in [5.41, 5.74) is 8.10. The molecule has 3 N–H and O–H groups in total. The second-order valence-corrected chi connectivity index (χ2v) is 15.8. The van der Waals surface area contributed by atoms with Crippen LogP contribution in [0.25, 0.3) is 11.1 Å². The Kier molecular flexibility index (Phi) is 10.1. The lowest BCUT2D eigenvalue weighted by Gasteiger charge is -2.42. The fraction of sp³-hybridized carbons (Fsp3) is 0.429. The van der Waals surface area contributed by atoms with Crippen LogP contribution in [0.1, 0.15) is 89.2 Å². The molecule has 8 heterocycles. The van der Waals surface area contributed by atoms with E-state index in [0.29, 0.717) is 35.5 Å². The number of aromatic nitrogens is 7. The highest BCUT2D eigenvalue weighted by molar-refractivity contribution is 6.00. The van der Waals surface area contributed by atoms with Gasteiger partial charge in [-0.15, -0.1) is 10.2 Å². The van der Waals surface area contributed by atoms with Gasteiger partial charge in [0.1, 0.15) is 11.5 Å². The number of anilines is 6. The smallest absolute Gasteiger partial charge is 0.273 e. The average Bonchev–Trinajstić information content (AvgIpc) is 3.93. The number of nitrogens with one attached hydrogen (secondary N) is 3. The van der Waals surface area contributed by atoms with Crippen LogP contribution < -0.4 is 25.8 Å². The number of piperidine rings is 1. The Bertz CT molecular complexity index is 2340. The zero-order valence-corrected chi connectivity index (χ0v) is 33.6. The Morgan fingerprint density at radius 3 is 2.40 bits per heavy atom. The van der Waals surface area contributed by atoms with Crippen molar-refractivity contribution >= 4 is 46.5 Å². The second-order valence-electron chi connectivity index (χ2n) is 15.8. The van der Waals surface area contributed by atoms with Crippen LogP contribution in [0.3, 0.4) is 0 Å². The highest BCUT2D eigenvalue weighted by Crippen LogP contribution is 2.49. The van der Waals surface area contributed by atoms with E-state index in [-0.39, 0.29) is 29.6 Å². The first kappa shape index (κ1) is 37.4. The molecule has 16 nitrogen and oxygen atoms in total. The molecule has 0 aliphatic carbocycles. The molecule has 1 unspecified atom stereocenters. The Balaban J connectivity index is 0.942. The maximum Gasteiger partial charge on any atom is 0.273 e. The molecule has 2 amide bonds. The van der Waals surface area contributed by atoms with E-state index in [1.165, 1.54) is 12.1 Å². The Labute approximate surface area is 338 Å². The maximum absolute atomic E-state index is 13.1. The van der Waals surface area contributed by atoms with Gasteiger partial charge in [-0.2, -0.15) is 10.1 Å². The zero-order chi connectivity index (χ0) is 39.9. The molecular weight excluding hydrogens is 733 g/mol. The molecule has 9 rings (SSSR count). The van der Waals surface area contributed by atoms with Gasteiger partial charge < -0.3 is 30.7 Å². The third-order valence-corrected chi connectivity index (χ3v) is 11.8. The third-order valence-electron chi connectivity index (χ3n) is 11.8. The van der Waals surface area contributed by atoms with Crippen molar-refractivity contribution in [2.24, 2.45) is 0 Å². The number of amides is 2. The van der Waals surface area contributed by atoms with Gasteiger partial charge in [0.05, 0.1) is 46.7 Å². The number of carbonyl (C=O) groups excluding carboxylic acids is 2. The van der Waals surface area contributed by atoms with Gasteiger partial charge in [-0.25, -0.2) is 9.97 Å². The van der Waals surface area contributed by atoms with Gasteiger partial charge in [0.25, 0.3) is 11.8 Å². The molecule has 0 bridgehead atoms. The van der Waals surface area contributed by atoms with Crippen LogP contribution in [-0.2, 0) is 6.54 Å². The topological polar surface area (TPSA) is 165 Å². The van der Waals surface area contributed by atoms with Crippen LogP contribution in [0.2, 0.25) is 0 Å². The van der Waals surface area contributed by atoms with E-state index in [1.54, 1.807) is 13.1 Å². The molecule has 16 heteroatoms. The van der Waals surface area contributed by atoms with Crippen molar-refractivity contribution in [2.75, 3.05) is 73.8 Å². The molecule has 4 aromatic heterocycles. The molecule has 3 fully saturated rings. The Morgan fingerprint density at radius 1 is 0.828 bits per heavy atom. The lowest BCUT2D eigenvalue weighted by atomic mass is 9.93. The third kappa shape index (κ3) is 7.16. The summed E-state index contributed by atoms with van der Waals surface area (Å²) < 4.78 is 2.19. The van der Waals surface area contributed by atoms with Crippen molar-refractivity contribution in [2.45, 2.75) is 64.6 Å². The summed E-state index contributed by atoms with van der Waals surface area (Å²) in [6.07, 6.45) is 7.57. The summed E-state index contributed by atoms with van der Waals surface area (Å²) in [5, 5.41) is 23.3. The molecule has 1 aromatic carbocycles. The van der Waals surface area contributed by atoms with Gasteiger partial charge >= 0.3 is 0 Å². The van der Waals surface area contributed by atoms with Gasteiger partial charge in [0.15, 0.2) is 11.5 Å². The molecule has 4 aliphatic rings. The number of carbonyl (C=O) groups is 2. The SMILES string of the molecule is CNC(=O)c1nnc(Nc2cc(C)nc(N3CCCCC3)n2)cc1Nc1cccc2c1N(C)C(C)c1c-2cnn1C1CN(Cc2cccc(C(=O)N3CCCC3)n2)C1. The number of hydrogen-bond acceptors (Lipinski definition) is 13. The van der Waals surface area contributed by atoms with Crippen molar-refractivity contribution in [1.29, 1.82) is 0 Å². The van der Waals surface area contributed by atoms with Crippen molar-refractivity contribution in [3.05, 3.63) is 83.2 Å². The number of aryl methyl sites for hydroxylation is 1. The van der Waals surface area contributed by atoms with Crippen molar-refractivity contribution < 1.29 is 9.59 Å². The second kappa shape index (κ2) is 15.6. The van der Waals surface area contributed by atoms with E-state index < -0.39 is 0 Å². The Morgan fingerprint density at radius 2 is 1.60 bits per heavy atom. The zero-order valence-electron chi connectivity index (χ0n) is 33.6. The largest absolute Gasteiger partial charge is 0.364 e. The van der Waals surface area contributed by atoms with Crippen molar-refractivity contribution in [1.82, 2.24) is 50.0 Å². The van der Waals surface area contributed by atoms with Crippen LogP contribution in [0, 0.1) is 6.92 Å². The number of benzene rings is 1. The normalized spacial score (nSPS) is 18.1. The lowest BCUT2D eigenvalue weighted by Crippen LogP contribution is -2.48. The van der Waals surface area contributed by atoms with E-state index in [2.05, 4.69) is 65.6 Å². The van der Waals surface area contributed by atoms with E-state index >= 15 is 0 Å². The molecule has 1 atom stereocenters. The average molecular weight is 783 g/mol. The molecule has 0 saturated carbocycles. The molecule has 3 saturated heterocycles. The van der Waals surface area contributed by atoms with Crippen LogP contribution in [0.5, 0.6) is 0 Å². The highest BCUT2D eigenvalue weighted by atomic mass is 16.2. The minimum absolute atomic E-state index is 0.0123. The van der Waals surface area contributed by atoms with Gasteiger partial charge in [-0.1, -0.05) is 18.2 Å². The summed E-state index contributed by atoms with van der Waals surface area (Å²) in [6.45, 7) is 10.0. The van der Waals surface area contributed by atoms with Crippen LogP contribution in [0.4, 0.5) is 34.6 Å². The fourth-order valence-electron chi connectivity index (χ4n) is 8.69. The van der Waals surface area contributed by atoms with Gasteiger partial charge in [0, 0.05) is 88.9 Å². The van der Waals surface area contributed by atoms with Gasteiger partial charge in [0.2, 0.25) is 5.95 Å². The summed E-state index contributed by atoms with van der Waals surface area (Å²) in [7, 11) is 3.68. The number of fused-ring (bicyclic) bond motifs is 3. The number of nitrogens with zero attached hydrogens (tertiary/aromatic N) is 11. The predicted molar refractivity (Wildman–Crippen MR) is 223 cm³/mol. The molecule has 5 aromatic rings. The van der Waals surface area contributed by atoms with E-state index in [0.717, 1.165) is 98.8 Å². The molecular formula is C42H50N14O2. The van der Waals surface area contributed by atoms with Crippen molar-refractivity contribution in [3.8, 4) is 11.1 Å². The van der Waals surface area contributed by atoms with Crippen molar-refractivity contribution in [3.63, 3.8) is 0 Å². The van der Waals surface area contributed by atoms with Gasteiger partial charge in [-0.3, -0.25) is 19.2 Å². The molecule has 4 aliphatic heterocycles.